The smallest absolute Gasteiger partial charge is 0.261 e. The number of amides is 1. The fraction of sp³-hybridized carbons (Fsp3) is 0.200. The Kier molecular flexibility index (Phi) is 5.90. The Labute approximate surface area is 113 Å². The second-order valence-electron chi connectivity index (χ2n) is 3.77. The maximum Gasteiger partial charge on any atom is 0.261 e. The molecule has 1 amide bonds. The van der Waals surface area contributed by atoms with Gasteiger partial charge in [-0.15, -0.1) is 13.2 Å². The van der Waals surface area contributed by atoms with Crippen molar-refractivity contribution in [3.8, 4) is 11.8 Å². The van der Waals surface area contributed by atoms with Crippen LogP contribution < -0.4 is 4.74 Å². The van der Waals surface area contributed by atoms with E-state index < -0.39 is 0 Å². The molecule has 19 heavy (non-hydrogen) atoms. The highest BCUT2D eigenvalue weighted by molar-refractivity contribution is 5.78. The molecule has 0 bridgehead atoms. The molecule has 98 valence electrons. The summed E-state index contributed by atoms with van der Waals surface area (Å²) in [6.45, 7) is 7.96. The van der Waals surface area contributed by atoms with Gasteiger partial charge in [-0.25, -0.2) is 0 Å². The van der Waals surface area contributed by atoms with E-state index in [1.54, 1.807) is 41.3 Å². The third kappa shape index (κ3) is 4.32. The Morgan fingerprint density at radius 1 is 1.32 bits per heavy atom. The number of hydrogen-bond acceptors (Lipinski definition) is 3. The number of hydrogen-bond donors (Lipinski definition) is 0. The predicted octanol–water partition coefficient (Wildman–Crippen LogP) is 2.14. The van der Waals surface area contributed by atoms with E-state index in [4.69, 9.17) is 10.00 Å². The number of nitrogens with zero attached hydrogens (tertiary/aromatic N) is 2. The lowest BCUT2D eigenvalue weighted by Gasteiger charge is -2.19. The molecule has 0 aromatic heterocycles. The van der Waals surface area contributed by atoms with Crippen molar-refractivity contribution in [2.45, 2.75) is 0 Å². The van der Waals surface area contributed by atoms with Crippen molar-refractivity contribution in [3.05, 3.63) is 55.1 Å². The van der Waals surface area contributed by atoms with Crippen LogP contribution in [0.1, 0.15) is 5.56 Å². The molecule has 0 aliphatic heterocycles. The molecule has 1 aromatic rings. The molecule has 0 aliphatic rings. The van der Waals surface area contributed by atoms with E-state index in [1.807, 2.05) is 6.07 Å². The number of nitriles is 1. The van der Waals surface area contributed by atoms with Crippen molar-refractivity contribution in [3.63, 3.8) is 0 Å². The highest BCUT2D eigenvalue weighted by Crippen LogP contribution is 2.16. The van der Waals surface area contributed by atoms with Crippen molar-refractivity contribution >= 4 is 5.91 Å². The summed E-state index contributed by atoms with van der Waals surface area (Å²) in [7, 11) is 0. The lowest BCUT2D eigenvalue weighted by Crippen LogP contribution is -2.35. The van der Waals surface area contributed by atoms with Crippen LogP contribution in [0, 0.1) is 11.3 Å². The van der Waals surface area contributed by atoms with Crippen LogP contribution in [-0.2, 0) is 4.79 Å². The van der Waals surface area contributed by atoms with Crippen LogP contribution in [0.25, 0.3) is 0 Å². The quantitative estimate of drug-likeness (QED) is 0.702. The molecule has 0 saturated carbocycles. The first-order valence-corrected chi connectivity index (χ1v) is 5.84. The normalized spacial score (nSPS) is 9.21. The molecule has 0 heterocycles. The monoisotopic (exact) mass is 256 g/mol. The van der Waals surface area contributed by atoms with E-state index in [2.05, 4.69) is 13.2 Å². The largest absolute Gasteiger partial charge is 0.482 e. The van der Waals surface area contributed by atoms with E-state index in [1.165, 1.54) is 0 Å². The van der Waals surface area contributed by atoms with E-state index in [-0.39, 0.29) is 12.5 Å². The minimum absolute atomic E-state index is 0.111. The summed E-state index contributed by atoms with van der Waals surface area (Å²) in [5.74, 6) is 0.239. The lowest BCUT2D eigenvalue weighted by molar-refractivity contribution is -0.132. The van der Waals surface area contributed by atoms with Gasteiger partial charge >= 0.3 is 0 Å². The van der Waals surface area contributed by atoms with E-state index in [9.17, 15) is 4.79 Å². The highest BCUT2D eigenvalue weighted by Gasteiger charge is 2.12. The predicted molar refractivity (Wildman–Crippen MR) is 73.6 cm³/mol. The molecule has 0 spiro atoms. The van der Waals surface area contributed by atoms with Crippen LogP contribution in [0.5, 0.6) is 5.75 Å². The van der Waals surface area contributed by atoms with Crippen molar-refractivity contribution in [1.82, 2.24) is 4.90 Å². The van der Waals surface area contributed by atoms with Gasteiger partial charge in [-0.3, -0.25) is 4.79 Å². The van der Waals surface area contributed by atoms with Crippen molar-refractivity contribution in [2.24, 2.45) is 0 Å². The summed E-state index contributed by atoms with van der Waals surface area (Å²) >= 11 is 0. The maximum atomic E-state index is 11.9. The summed E-state index contributed by atoms with van der Waals surface area (Å²) in [6.07, 6.45) is 3.29. The SMILES string of the molecule is C=CCN(CC=C)C(=O)COc1ccccc1C#N. The zero-order chi connectivity index (χ0) is 14.1. The Balaban J connectivity index is 2.64. The molecule has 1 rings (SSSR count). The number of benzene rings is 1. The van der Waals surface area contributed by atoms with Crippen molar-refractivity contribution in [2.75, 3.05) is 19.7 Å². The number of rotatable bonds is 7. The van der Waals surface area contributed by atoms with Gasteiger partial charge in [-0.05, 0) is 12.1 Å². The zero-order valence-electron chi connectivity index (χ0n) is 10.7. The standard InChI is InChI=1S/C15H16N2O2/c1-3-9-17(10-4-2)15(18)12-19-14-8-6-5-7-13(14)11-16/h3-8H,1-2,9-10,12H2. The van der Waals surface area contributed by atoms with Gasteiger partial charge in [0.2, 0.25) is 0 Å². The second-order valence-corrected chi connectivity index (χ2v) is 3.77. The van der Waals surface area contributed by atoms with Gasteiger partial charge in [0.1, 0.15) is 11.8 Å². The summed E-state index contributed by atoms with van der Waals surface area (Å²) in [4.78, 5) is 13.5. The highest BCUT2D eigenvalue weighted by atomic mass is 16.5. The van der Waals surface area contributed by atoms with E-state index >= 15 is 0 Å². The Morgan fingerprint density at radius 3 is 2.53 bits per heavy atom. The van der Waals surface area contributed by atoms with Gasteiger partial charge < -0.3 is 9.64 Å². The molecule has 1 aromatic carbocycles. The Morgan fingerprint density at radius 2 is 1.95 bits per heavy atom. The zero-order valence-corrected chi connectivity index (χ0v) is 10.7. The molecule has 4 heteroatoms. The average Bonchev–Trinajstić information content (AvgIpc) is 2.44. The fourth-order valence-corrected chi connectivity index (χ4v) is 1.51. The van der Waals surface area contributed by atoms with Gasteiger partial charge in [0.05, 0.1) is 5.56 Å². The first-order chi connectivity index (χ1) is 9.22. The van der Waals surface area contributed by atoms with Crippen LogP contribution in [-0.4, -0.2) is 30.5 Å². The van der Waals surface area contributed by atoms with Gasteiger partial charge in [0.15, 0.2) is 6.61 Å². The fourth-order valence-electron chi connectivity index (χ4n) is 1.51. The minimum Gasteiger partial charge on any atom is -0.482 e. The maximum absolute atomic E-state index is 11.9. The van der Waals surface area contributed by atoms with Crippen LogP contribution in [0.2, 0.25) is 0 Å². The molecule has 0 fully saturated rings. The lowest BCUT2D eigenvalue weighted by atomic mass is 10.2. The summed E-state index contributed by atoms with van der Waals surface area (Å²) in [6, 6.07) is 8.83. The molecule has 4 nitrogen and oxygen atoms in total. The number of ether oxygens (including phenoxy) is 1. The van der Waals surface area contributed by atoms with Gasteiger partial charge in [-0.2, -0.15) is 5.26 Å². The van der Waals surface area contributed by atoms with Crippen LogP contribution >= 0.6 is 0 Å². The summed E-state index contributed by atoms with van der Waals surface area (Å²) in [5.41, 5.74) is 0.411. The molecular weight excluding hydrogens is 240 g/mol. The van der Waals surface area contributed by atoms with Crippen molar-refractivity contribution < 1.29 is 9.53 Å². The topological polar surface area (TPSA) is 53.3 Å². The van der Waals surface area contributed by atoms with E-state index in [0.29, 0.717) is 24.4 Å². The molecule has 0 N–H and O–H groups in total. The van der Waals surface area contributed by atoms with Crippen LogP contribution in [0.4, 0.5) is 0 Å². The Hall–Kier alpha value is -2.54. The Bertz CT molecular complexity index is 493. The van der Waals surface area contributed by atoms with Gasteiger partial charge in [0.25, 0.3) is 5.91 Å². The van der Waals surface area contributed by atoms with Gasteiger partial charge in [0, 0.05) is 13.1 Å². The number of carbonyl (C=O) groups excluding carboxylic acids is 1. The second kappa shape index (κ2) is 7.72. The number of carbonyl (C=O) groups is 1. The third-order valence-corrected chi connectivity index (χ3v) is 2.41. The minimum atomic E-state index is -0.174. The summed E-state index contributed by atoms with van der Waals surface area (Å²) in [5, 5.41) is 8.91. The molecule has 0 aliphatic carbocycles. The van der Waals surface area contributed by atoms with Gasteiger partial charge in [-0.1, -0.05) is 24.3 Å². The molecule has 0 unspecified atom stereocenters. The van der Waals surface area contributed by atoms with Crippen molar-refractivity contribution in [1.29, 1.82) is 5.26 Å². The van der Waals surface area contributed by atoms with Crippen LogP contribution in [0.3, 0.4) is 0 Å². The third-order valence-electron chi connectivity index (χ3n) is 2.41. The van der Waals surface area contributed by atoms with Crippen LogP contribution in [0.15, 0.2) is 49.6 Å². The van der Waals surface area contributed by atoms with E-state index in [0.717, 1.165) is 0 Å². The number of para-hydroxylation sites is 1. The first kappa shape index (κ1) is 14.5. The molecule has 0 saturated heterocycles. The average molecular weight is 256 g/mol. The molecule has 0 radical (unpaired) electrons. The summed E-state index contributed by atoms with van der Waals surface area (Å²) < 4.78 is 5.38. The molecular formula is C15H16N2O2. The molecule has 0 atom stereocenters. The first-order valence-electron chi connectivity index (χ1n) is 5.84.